The summed E-state index contributed by atoms with van der Waals surface area (Å²) in [6.45, 7) is 1.72. The van der Waals surface area contributed by atoms with Crippen molar-refractivity contribution in [3.05, 3.63) is 24.2 Å². The van der Waals surface area contributed by atoms with E-state index in [9.17, 15) is 9.59 Å². The van der Waals surface area contributed by atoms with Gasteiger partial charge < -0.3 is 9.52 Å². The molecule has 2 N–H and O–H groups in total. The summed E-state index contributed by atoms with van der Waals surface area (Å²) in [7, 11) is 1.47. The summed E-state index contributed by atoms with van der Waals surface area (Å²) in [5.74, 6) is 0.291. The van der Waals surface area contributed by atoms with Crippen LogP contribution in [0.25, 0.3) is 0 Å². The number of guanidine groups is 1. The van der Waals surface area contributed by atoms with E-state index in [2.05, 4.69) is 10.3 Å². The molecule has 1 aromatic heterocycles. The number of carbonyl (C=O) groups is 2. The maximum atomic E-state index is 11.9. The predicted molar refractivity (Wildman–Crippen MR) is 62.0 cm³/mol. The van der Waals surface area contributed by atoms with E-state index in [4.69, 9.17) is 9.52 Å². The third-order valence-corrected chi connectivity index (χ3v) is 2.81. The van der Waals surface area contributed by atoms with Gasteiger partial charge in [0.25, 0.3) is 0 Å². The fourth-order valence-electron chi connectivity index (χ4n) is 1.81. The van der Waals surface area contributed by atoms with Crippen molar-refractivity contribution in [2.24, 2.45) is 4.99 Å². The number of amides is 2. The first-order chi connectivity index (χ1) is 8.42. The Kier molecular flexibility index (Phi) is 2.82. The highest BCUT2D eigenvalue weighted by Gasteiger charge is 2.39. The van der Waals surface area contributed by atoms with Crippen molar-refractivity contribution in [3.8, 4) is 0 Å². The highest BCUT2D eigenvalue weighted by atomic mass is 16.4. The minimum absolute atomic E-state index is 0.00218. The number of nitrogens with zero attached hydrogens (tertiary/aromatic N) is 2. The maximum Gasteiger partial charge on any atom is 0.411 e. The molecule has 0 aromatic carbocycles. The van der Waals surface area contributed by atoms with Crippen LogP contribution in [0.3, 0.4) is 0 Å². The maximum absolute atomic E-state index is 11.9. The third-order valence-electron chi connectivity index (χ3n) is 2.81. The number of hydrogen-bond acceptors (Lipinski definition) is 4. The van der Waals surface area contributed by atoms with E-state index in [1.807, 2.05) is 0 Å². The SMILES string of the molecule is CN1C(=O)CC(C)(c2ccco2)N=C1NC(=O)O. The molecule has 1 aliphatic heterocycles. The summed E-state index contributed by atoms with van der Waals surface area (Å²) in [4.78, 5) is 28.0. The van der Waals surface area contributed by atoms with Crippen molar-refractivity contribution in [1.82, 2.24) is 10.2 Å². The van der Waals surface area contributed by atoms with Crippen molar-refractivity contribution in [1.29, 1.82) is 0 Å². The number of nitrogens with one attached hydrogen (secondary N) is 1. The van der Waals surface area contributed by atoms with Crippen LogP contribution in [0.15, 0.2) is 27.8 Å². The fourth-order valence-corrected chi connectivity index (χ4v) is 1.81. The van der Waals surface area contributed by atoms with Crippen LogP contribution in [0.2, 0.25) is 0 Å². The topological polar surface area (TPSA) is 95.1 Å². The van der Waals surface area contributed by atoms with Crippen molar-refractivity contribution in [2.45, 2.75) is 18.9 Å². The van der Waals surface area contributed by atoms with Crippen molar-refractivity contribution >= 4 is 18.0 Å². The van der Waals surface area contributed by atoms with Crippen molar-refractivity contribution in [2.75, 3.05) is 7.05 Å². The molecule has 18 heavy (non-hydrogen) atoms. The second-order valence-electron chi connectivity index (χ2n) is 4.25. The third kappa shape index (κ3) is 2.06. The van der Waals surface area contributed by atoms with E-state index in [1.165, 1.54) is 18.2 Å². The van der Waals surface area contributed by atoms with Gasteiger partial charge in [0.15, 0.2) is 0 Å². The van der Waals surface area contributed by atoms with Gasteiger partial charge in [0.1, 0.15) is 11.3 Å². The molecule has 0 saturated carbocycles. The summed E-state index contributed by atoms with van der Waals surface area (Å²) in [6.07, 6.45) is 0.350. The minimum atomic E-state index is -1.27. The largest absolute Gasteiger partial charge is 0.467 e. The lowest BCUT2D eigenvalue weighted by Gasteiger charge is -2.32. The molecule has 2 rings (SSSR count). The van der Waals surface area contributed by atoms with E-state index < -0.39 is 11.6 Å². The smallest absolute Gasteiger partial charge is 0.411 e. The standard InChI is InChI=1S/C11H13N3O4/c1-11(7-4-3-5-18-7)6-8(15)14(2)9(13-11)12-10(16)17/h3-5H,6H2,1-2H3,(H,12,13)(H,16,17). The van der Waals surface area contributed by atoms with Gasteiger partial charge in [-0.3, -0.25) is 15.0 Å². The Morgan fingerprint density at radius 1 is 1.67 bits per heavy atom. The second kappa shape index (κ2) is 4.17. The summed E-state index contributed by atoms with van der Waals surface area (Å²) in [5, 5.41) is 10.8. The zero-order valence-corrected chi connectivity index (χ0v) is 10.0. The molecule has 0 aliphatic carbocycles. The first-order valence-corrected chi connectivity index (χ1v) is 5.33. The minimum Gasteiger partial charge on any atom is -0.467 e. The first kappa shape index (κ1) is 12.2. The van der Waals surface area contributed by atoms with Gasteiger partial charge >= 0.3 is 6.09 Å². The molecule has 0 radical (unpaired) electrons. The molecular formula is C11H13N3O4. The van der Waals surface area contributed by atoms with Crippen LogP contribution in [0, 0.1) is 0 Å². The van der Waals surface area contributed by atoms with Crippen molar-refractivity contribution in [3.63, 3.8) is 0 Å². The molecule has 0 saturated heterocycles. The lowest BCUT2D eigenvalue weighted by atomic mass is 9.93. The summed E-state index contributed by atoms with van der Waals surface area (Å²) >= 11 is 0. The number of carbonyl (C=O) groups excluding carboxylic acids is 1. The molecule has 0 fully saturated rings. The molecule has 1 unspecified atom stereocenters. The second-order valence-corrected chi connectivity index (χ2v) is 4.25. The summed E-state index contributed by atoms with van der Waals surface area (Å²) in [5.41, 5.74) is -0.884. The molecule has 2 heterocycles. The molecule has 2 amide bonds. The van der Waals surface area contributed by atoms with Crippen LogP contribution in [-0.4, -0.2) is 35.0 Å². The normalized spacial score (nSPS) is 23.8. The summed E-state index contributed by atoms with van der Waals surface area (Å²) in [6, 6.07) is 3.41. The fraction of sp³-hybridized carbons (Fsp3) is 0.364. The summed E-state index contributed by atoms with van der Waals surface area (Å²) < 4.78 is 5.26. The molecule has 1 aromatic rings. The van der Waals surface area contributed by atoms with Gasteiger partial charge in [0, 0.05) is 7.05 Å². The average molecular weight is 251 g/mol. The zero-order chi connectivity index (χ0) is 13.3. The Balaban J connectivity index is 2.41. The Morgan fingerprint density at radius 3 is 2.94 bits per heavy atom. The van der Waals surface area contributed by atoms with E-state index in [1.54, 1.807) is 19.1 Å². The van der Waals surface area contributed by atoms with Crippen LogP contribution in [0.4, 0.5) is 4.79 Å². The van der Waals surface area contributed by atoms with Crippen LogP contribution >= 0.6 is 0 Å². The molecule has 7 heteroatoms. The highest BCUT2D eigenvalue weighted by Crippen LogP contribution is 2.33. The Bertz CT molecular complexity index is 508. The monoisotopic (exact) mass is 251 g/mol. The van der Waals surface area contributed by atoms with Gasteiger partial charge in [-0.05, 0) is 19.1 Å². The van der Waals surface area contributed by atoms with Crippen LogP contribution in [0.5, 0.6) is 0 Å². The molecule has 1 aliphatic rings. The zero-order valence-electron chi connectivity index (χ0n) is 10.0. The van der Waals surface area contributed by atoms with Gasteiger partial charge in [-0.15, -0.1) is 0 Å². The Morgan fingerprint density at radius 2 is 2.39 bits per heavy atom. The molecule has 1 atom stereocenters. The van der Waals surface area contributed by atoms with E-state index in [0.29, 0.717) is 5.76 Å². The number of furan rings is 1. The molecule has 7 nitrogen and oxygen atoms in total. The quantitative estimate of drug-likeness (QED) is 0.777. The van der Waals surface area contributed by atoms with E-state index >= 15 is 0 Å². The molecule has 0 spiro atoms. The average Bonchev–Trinajstić information content (AvgIpc) is 2.78. The Hall–Kier alpha value is -2.31. The number of aliphatic imine (C=N–C) groups is 1. The molecule has 96 valence electrons. The predicted octanol–water partition coefficient (Wildman–Crippen LogP) is 0.981. The van der Waals surface area contributed by atoms with Gasteiger partial charge in [0.2, 0.25) is 11.9 Å². The van der Waals surface area contributed by atoms with Crippen LogP contribution in [0.1, 0.15) is 19.1 Å². The number of rotatable bonds is 1. The van der Waals surface area contributed by atoms with Crippen LogP contribution in [-0.2, 0) is 10.3 Å². The number of carboxylic acid groups (broad SMARTS) is 1. The van der Waals surface area contributed by atoms with E-state index in [0.717, 1.165) is 0 Å². The van der Waals surface area contributed by atoms with E-state index in [-0.39, 0.29) is 18.3 Å². The lowest BCUT2D eigenvalue weighted by molar-refractivity contribution is -0.128. The molecular weight excluding hydrogens is 238 g/mol. The van der Waals surface area contributed by atoms with Crippen LogP contribution < -0.4 is 5.32 Å². The van der Waals surface area contributed by atoms with Gasteiger partial charge in [-0.1, -0.05) is 0 Å². The Labute approximate surface area is 103 Å². The van der Waals surface area contributed by atoms with Gasteiger partial charge in [-0.25, -0.2) is 9.79 Å². The molecule has 0 bridgehead atoms. The number of hydrogen-bond donors (Lipinski definition) is 2. The van der Waals surface area contributed by atoms with Gasteiger partial charge in [0.05, 0.1) is 12.7 Å². The lowest BCUT2D eigenvalue weighted by Crippen LogP contribution is -2.51. The van der Waals surface area contributed by atoms with Crippen molar-refractivity contribution < 1.29 is 19.1 Å². The highest BCUT2D eigenvalue weighted by molar-refractivity contribution is 6.04. The van der Waals surface area contributed by atoms with Gasteiger partial charge in [-0.2, -0.15) is 0 Å². The first-order valence-electron chi connectivity index (χ1n) is 5.33.